The maximum atomic E-state index is 13.4. The summed E-state index contributed by atoms with van der Waals surface area (Å²) in [6.45, 7) is 1.90. The Morgan fingerprint density at radius 2 is 1.95 bits per heavy atom. The molecule has 0 bridgehead atoms. The monoisotopic (exact) mass is 324 g/mol. The molecule has 0 saturated carbocycles. The van der Waals surface area contributed by atoms with Gasteiger partial charge in [-0.2, -0.15) is 0 Å². The van der Waals surface area contributed by atoms with E-state index in [1.165, 1.54) is 25.3 Å². The first kappa shape index (κ1) is 14.0. The minimum Gasteiger partial charge on any atom is -0.496 e. The summed E-state index contributed by atoms with van der Waals surface area (Å²) in [5.74, 6) is 0.0655. The van der Waals surface area contributed by atoms with Crippen LogP contribution in [-0.2, 0) is 0 Å². The fourth-order valence-electron chi connectivity index (χ4n) is 2.01. The summed E-state index contributed by atoms with van der Waals surface area (Å²) >= 11 is 3.42. The van der Waals surface area contributed by atoms with Gasteiger partial charge in [0.2, 0.25) is 0 Å². The van der Waals surface area contributed by atoms with Crippen LogP contribution in [0.3, 0.4) is 0 Å². The zero-order chi connectivity index (χ0) is 14.0. The highest BCUT2D eigenvalue weighted by Crippen LogP contribution is 2.33. The Bertz CT molecular complexity index is 599. The molecular weight excluding hydrogens is 311 g/mol. The Hall–Kier alpha value is -1.39. The fraction of sp³-hybridized carbons (Fsp3) is 0.200. The predicted molar refractivity (Wildman–Crippen MR) is 75.9 cm³/mol. The average molecular weight is 325 g/mol. The summed E-state index contributed by atoms with van der Waals surface area (Å²) in [5, 5.41) is 10.5. The predicted octanol–water partition coefficient (Wildman–Crippen LogP) is 3.99. The van der Waals surface area contributed by atoms with Crippen molar-refractivity contribution in [1.82, 2.24) is 0 Å². The van der Waals surface area contributed by atoms with Gasteiger partial charge >= 0.3 is 0 Å². The number of hydrogen-bond donors (Lipinski definition) is 1. The Labute approximate surface area is 120 Å². The number of halogens is 2. The smallest absolute Gasteiger partial charge is 0.125 e. The van der Waals surface area contributed by atoms with Crippen LogP contribution in [0.2, 0.25) is 0 Å². The van der Waals surface area contributed by atoms with E-state index in [0.717, 1.165) is 15.6 Å². The summed E-state index contributed by atoms with van der Waals surface area (Å²) < 4.78 is 19.4. The molecule has 0 amide bonds. The number of aliphatic hydroxyl groups excluding tert-OH is 1. The molecule has 2 aromatic carbocycles. The van der Waals surface area contributed by atoms with Crippen molar-refractivity contribution in [2.24, 2.45) is 0 Å². The van der Waals surface area contributed by atoms with E-state index in [-0.39, 0.29) is 0 Å². The summed E-state index contributed by atoms with van der Waals surface area (Å²) in [7, 11) is 1.50. The van der Waals surface area contributed by atoms with Gasteiger partial charge < -0.3 is 9.84 Å². The van der Waals surface area contributed by atoms with Gasteiger partial charge in [0.15, 0.2) is 0 Å². The van der Waals surface area contributed by atoms with Crippen LogP contribution in [-0.4, -0.2) is 12.2 Å². The van der Waals surface area contributed by atoms with Gasteiger partial charge in [0.05, 0.1) is 7.11 Å². The van der Waals surface area contributed by atoms with Gasteiger partial charge in [-0.05, 0) is 42.3 Å². The lowest BCUT2D eigenvalue weighted by Crippen LogP contribution is -2.05. The zero-order valence-corrected chi connectivity index (χ0v) is 12.2. The number of methoxy groups -OCH3 is 1. The number of ether oxygens (including phenoxy) is 1. The van der Waals surface area contributed by atoms with E-state index in [0.29, 0.717) is 11.3 Å². The lowest BCUT2D eigenvalue weighted by Gasteiger charge is -2.17. The summed E-state index contributed by atoms with van der Waals surface area (Å²) in [6.07, 6.45) is -0.928. The molecule has 0 saturated heterocycles. The standard InChI is InChI=1S/C15H14BrFO2/c1-9-11(4-3-5-13(9)16)15(18)12-8-10(17)6-7-14(12)19-2/h3-8,15,18H,1-2H3. The molecule has 0 aliphatic rings. The second-order valence-electron chi connectivity index (χ2n) is 4.24. The molecule has 0 heterocycles. The lowest BCUT2D eigenvalue weighted by molar-refractivity contribution is 0.213. The van der Waals surface area contributed by atoms with Crippen LogP contribution in [0.25, 0.3) is 0 Å². The zero-order valence-electron chi connectivity index (χ0n) is 10.7. The maximum Gasteiger partial charge on any atom is 0.125 e. The molecule has 0 aliphatic heterocycles. The van der Waals surface area contributed by atoms with Crippen LogP contribution in [0.1, 0.15) is 22.8 Å². The molecule has 2 rings (SSSR count). The largest absolute Gasteiger partial charge is 0.496 e. The number of aliphatic hydroxyl groups is 1. The van der Waals surface area contributed by atoms with Crippen molar-refractivity contribution in [1.29, 1.82) is 0 Å². The van der Waals surface area contributed by atoms with E-state index in [9.17, 15) is 9.50 Å². The van der Waals surface area contributed by atoms with Gasteiger partial charge in [0.1, 0.15) is 17.7 Å². The van der Waals surface area contributed by atoms with Crippen LogP contribution in [0.15, 0.2) is 40.9 Å². The van der Waals surface area contributed by atoms with Crippen LogP contribution in [0.4, 0.5) is 4.39 Å². The third-order valence-corrected chi connectivity index (χ3v) is 3.95. The van der Waals surface area contributed by atoms with Gasteiger partial charge in [-0.25, -0.2) is 4.39 Å². The number of rotatable bonds is 3. The first-order chi connectivity index (χ1) is 9.04. The van der Waals surface area contributed by atoms with Gasteiger partial charge in [-0.3, -0.25) is 0 Å². The van der Waals surface area contributed by atoms with Crippen molar-refractivity contribution >= 4 is 15.9 Å². The van der Waals surface area contributed by atoms with Gasteiger partial charge in [-0.15, -0.1) is 0 Å². The maximum absolute atomic E-state index is 13.4. The molecule has 4 heteroatoms. The molecule has 100 valence electrons. The Balaban J connectivity index is 2.52. The van der Waals surface area contributed by atoms with Gasteiger partial charge in [0.25, 0.3) is 0 Å². The topological polar surface area (TPSA) is 29.5 Å². The molecule has 1 N–H and O–H groups in total. The highest BCUT2D eigenvalue weighted by Gasteiger charge is 2.18. The highest BCUT2D eigenvalue weighted by atomic mass is 79.9. The molecule has 1 atom stereocenters. The second-order valence-corrected chi connectivity index (χ2v) is 5.10. The summed E-state index contributed by atoms with van der Waals surface area (Å²) in [5.41, 5.74) is 2.06. The van der Waals surface area contributed by atoms with Crippen molar-refractivity contribution in [3.8, 4) is 5.75 Å². The minimum atomic E-state index is -0.928. The Morgan fingerprint density at radius 3 is 2.63 bits per heavy atom. The van der Waals surface area contributed by atoms with Crippen molar-refractivity contribution in [3.63, 3.8) is 0 Å². The van der Waals surface area contributed by atoms with E-state index >= 15 is 0 Å². The quantitative estimate of drug-likeness (QED) is 0.925. The molecule has 0 spiro atoms. The molecule has 19 heavy (non-hydrogen) atoms. The molecule has 0 fully saturated rings. The molecule has 1 unspecified atom stereocenters. The summed E-state index contributed by atoms with van der Waals surface area (Å²) in [4.78, 5) is 0. The minimum absolute atomic E-state index is 0.400. The van der Waals surface area contributed by atoms with Crippen molar-refractivity contribution < 1.29 is 14.2 Å². The molecule has 2 aromatic rings. The second kappa shape index (κ2) is 5.72. The molecule has 0 aliphatic carbocycles. The van der Waals surface area contributed by atoms with Crippen LogP contribution in [0.5, 0.6) is 5.75 Å². The number of hydrogen-bond acceptors (Lipinski definition) is 2. The SMILES string of the molecule is COc1ccc(F)cc1C(O)c1cccc(Br)c1C. The third-order valence-electron chi connectivity index (χ3n) is 3.09. The van der Waals surface area contributed by atoms with Gasteiger partial charge in [0, 0.05) is 10.0 Å². The first-order valence-corrected chi connectivity index (χ1v) is 6.60. The Kier molecular flexibility index (Phi) is 4.22. The van der Waals surface area contributed by atoms with Crippen LogP contribution < -0.4 is 4.74 Å². The van der Waals surface area contributed by atoms with Crippen molar-refractivity contribution in [2.75, 3.05) is 7.11 Å². The third kappa shape index (κ3) is 2.80. The molecule has 0 radical (unpaired) electrons. The molecule has 2 nitrogen and oxygen atoms in total. The average Bonchev–Trinajstić information content (AvgIpc) is 2.41. The molecular formula is C15H14BrFO2. The van der Waals surface area contributed by atoms with E-state index < -0.39 is 11.9 Å². The van der Waals surface area contributed by atoms with E-state index in [4.69, 9.17) is 4.74 Å². The van der Waals surface area contributed by atoms with Crippen molar-refractivity contribution in [2.45, 2.75) is 13.0 Å². The van der Waals surface area contributed by atoms with Crippen LogP contribution >= 0.6 is 15.9 Å². The van der Waals surface area contributed by atoms with Crippen molar-refractivity contribution in [3.05, 3.63) is 63.4 Å². The normalized spacial score (nSPS) is 12.3. The first-order valence-electron chi connectivity index (χ1n) is 5.81. The van der Waals surface area contributed by atoms with E-state index in [1.807, 2.05) is 25.1 Å². The highest BCUT2D eigenvalue weighted by molar-refractivity contribution is 9.10. The Morgan fingerprint density at radius 1 is 1.21 bits per heavy atom. The van der Waals surface area contributed by atoms with Gasteiger partial charge in [-0.1, -0.05) is 28.1 Å². The van der Waals surface area contributed by atoms with E-state index in [1.54, 1.807) is 0 Å². The van der Waals surface area contributed by atoms with Crippen LogP contribution in [0, 0.1) is 12.7 Å². The lowest BCUT2D eigenvalue weighted by atomic mass is 9.97. The fourth-order valence-corrected chi connectivity index (χ4v) is 2.39. The van der Waals surface area contributed by atoms with E-state index in [2.05, 4.69) is 15.9 Å². The summed E-state index contributed by atoms with van der Waals surface area (Å²) in [6, 6.07) is 9.67. The number of benzene rings is 2. The molecule has 0 aromatic heterocycles.